The first kappa shape index (κ1) is 14.5. The van der Waals surface area contributed by atoms with E-state index >= 15 is 0 Å². The molecule has 0 bridgehead atoms. The van der Waals surface area contributed by atoms with Gasteiger partial charge in [0.25, 0.3) is 0 Å². The van der Waals surface area contributed by atoms with Crippen molar-refractivity contribution in [2.45, 2.75) is 38.3 Å². The fourth-order valence-corrected chi connectivity index (χ4v) is 2.92. The molecule has 1 aromatic rings. The zero-order chi connectivity index (χ0) is 13.8. The van der Waals surface area contributed by atoms with E-state index in [0.29, 0.717) is 18.9 Å². The Labute approximate surface area is 123 Å². The Morgan fingerprint density at radius 2 is 2.05 bits per heavy atom. The van der Waals surface area contributed by atoms with Gasteiger partial charge in [0.05, 0.1) is 0 Å². The topological polar surface area (TPSA) is 46.3 Å². The summed E-state index contributed by atoms with van der Waals surface area (Å²) in [5, 5.41) is 0. The molecule has 1 aliphatic carbocycles. The minimum absolute atomic E-state index is 0.199. The molecule has 0 unspecified atom stereocenters. The largest absolute Gasteiger partial charge is 0.341 e. The summed E-state index contributed by atoms with van der Waals surface area (Å²) in [4.78, 5) is 14.0. The van der Waals surface area contributed by atoms with Gasteiger partial charge < -0.3 is 10.6 Å². The molecule has 2 N–H and O–H groups in total. The van der Waals surface area contributed by atoms with E-state index in [9.17, 15) is 4.79 Å². The van der Waals surface area contributed by atoms with Crippen molar-refractivity contribution in [1.82, 2.24) is 4.90 Å². The van der Waals surface area contributed by atoms with Crippen LogP contribution in [0.2, 0.25) is 0 Å². The zero-order valence-electron chi connectivity index (χ0n) is 11.3. The number of nitrogens with zero attached hydrogens (tertiary/aromatic N) is 1. The van der Waals surface area contributed by atoms with Gasteiger partial charge in [0, 0.05) is 30.5 Å². The van der Waals surface area contributed by atoms with Gasteiger partial charge in [-0.3, -0.25) is 4.79 Å². The molecule has 1 saturated carbocycles. The Balaban J connectivity index is 1.86. The highest BCUT2D eigenvalue weighted by Crippen LogP contribution is 2.27. The van der Waals surface area contributed by atoms with E-state index in [0.717, 1.165) is 29.3 Å². The van der Waals surface area contributed by atoms with Crippen LogP contribution in [-0.4, -0.2) is 23.9 Å². The van der Waals surface area contributed by atoms with Crippen molar-refractivity contribution in [1.29, 1.82) is 0 Å². The highest BCUT2D eigenvalue weighted by atomic mass is 79.9. The standard InChI is InChI=1S/C15H21BrN2O/c1-18(10-11-5-7-13(16)8-6-11)15(19)9-12-3-2-4-14(12)17/h5-8,12,14H,2-4,9-10,17H2,1H3/t12-,14+/m0/s1. The predicted octanol–water partition coefficient (Wildman–Crippen LogP) is 2.93. The first-order valence-corrected chi connectivity index (χ1v) is 7.59. The SMILES string of the molecule is CN(Cc1ccc(Br)cc1)C(=O)C[C@@H]1CCC[C@H]1N. The van der Waals surface area contributed by atoms with Crippen molar-refractivity contribution < 1.29 is 4.79 Å². The highest BCUT2D eigenvalue weighted by Gasteiger charge is 2.27. The maximum Gasteiger partial charge on any atom is 0.222 e. The second-order valence-electron chi connectivity index (χ2n) is 5.44. The van der Waals surface area contributed by atoms with Gasteiger partial charge in [-0.05, 0) is 36.5 Å². The molecule has 2 rings (SSSR count). The number of amides is 1. The second-order valence-corrected chi connectivity index (χ2v) is 6.35. The van der Waals surface area contributed by atoms with Crippen molar-refractivity contribution in [2.75, 3.05) is 7.05 Å². The van der Waals surface area contributed by atoms with Gasteiger partial charge in [-0.25, -0.2) is 0 Å². The lowest BCUT2D eigenvalue weighted by molar-refractivity contribution is -0.131. The molecule has 1 amide bonds. The summed E-state index contributed by atoms with van der Waals surface area (Å²) in [5.41, 5.74) is 7.17. The van der Waals surface area contributed by atoms with E-state index in [2.05, 4.69) is 15.9 Å². The van der Waals surface area contributed by atoms with Gasteiger partial charge in [0.15, 0.2) is 0 Å². The molecule has 104 valence electrons. The third-order valence-corrected chi connectivity index (χ3v) is 4.44. The normalized spacial score (nSPS) is 22.5. The summed E-state index contributed by atoms with van der Waals surface area (Å²) in [6, 6.07) is 8.29. The van der Waals surface area contributed by atoms with E-state index in [1.54, 1.807) is 4.90 Å². The Morgan fingerprint density at radius 1 is 1.37 bits per heavy atom. The molecule has 3 nitrogen and oxygen atoms in total. The predicted molar refractivity (Wildman–Crippen MR) is 80.5 cm³/mol. The van der Waals surface area contributed by atoms with Gasteiger partial charge in [-0.15, -0.1) is 0 Å². The van der Waals surface area contributed by atoms with Crippen LogP contribution in [0.15, 0.2) is 28.7 Å². The van der Waals surface area contributed by atoms with Crippen LogP contribution in [0.3, 0.4) is 0 Å². The maximum absolute atomic E-state index is 12.2. The molecular formula is C15H21BrN2O. The maximum atomic E-state index is 12.2. The monoisotopic (exact) mass is 324 g/mol. The van der Waals surface area contributed by atoms with Crippen molar-refractivity contribution in [3.8, 4) is 0 Å². The molecule has 0 aromatic heterocycles. The van der Waals surface area contributed by atoms with Crippen LogP contribution in [0.1, 0.15) is 31.2 Å². The fourth-order valence-electron chi connectivity index (χ4n) is 2.65. The van der Waals surface area contributed by atoms with Crippen LogP contribution < -0.4 is 5.73 Å². The third-order valence-electron chi connectivity index (χ3n) is 3.91. The van der Waals surface area contributed by atoms with Gasteiger partial charge in [-0.2, -0.15) is 0 Å². The first-order valence-electron chi connectivity index (χ1n) is 6.80. The number of benzene rings is 1. The van der Waals surface area contributed by atoms with Gasteiger partial charge in [0.2, 0.25) is 5.91 Å². The molecule has 1 aromatic carbocycles. The molecule has 0 aliphatic heterocycles. The smallest absolute Gasteiger partial charge is 0.222 e. The van der Waals surface area contributed by atoms with Crippen LogP contribution in [-0.2, 0) is 11.3 Å². The van der Waals surface area contributed by atoms with Crippen LogP contribution in [0.5, 0.6) is 0 Å². The Kier molecular flexibility index (Phi) is 4.99. The van der Waals surface area contributed by atoms with Crippen LogP contribution in [0, 0.1) is 5.92 Å². The van der Waals surface area contributed by atoms with Crippen LogP contribution >= 0.6 is 15.9 Å². The van der Waals surface area contributed by atoms with Crippen LogP contribution in [0.25, 0.3) is 0 Å². The van der Waals surface area contributed by atoms with Gasteiger partial charge in [0.1, 0.15) is 0 Å². The molecule has 1 aliphatic rings. The first-order chi connectivity index (χ1) is 9.06. The summed E-state index contributed by atoms with van der Waals surface area (Å²) in [6.45, 7) is 0.661. The number of hydrogen-bond donors (Lipinski definition) is 1. The fraction of sp³-hybridized carbons (Fsp3) is 0.533. The number of carbonyl (C=O) groups excluding carboxylic acids is 1. The van der Waals surface area contributed by atoms with E-state index in [1.807, 2.05) is 31.3 Å². The quantitative estimate of drug-likeness (QED) is 0.925. The number of carbonyl (C=O) groups is 1. The summed E-state index contributed by atoms with van der Waals surface area (Å²) in [6.07, 6.45) is 3.91. The Bertz CT molecular complexity index is 432. The second kappa shape index (κ2) is 6.53. The third kappa shape index (κ3) is 4.05. The zero-order valence-corrected chi connectivity index (χ0v) is 12.9. The molecular weight excluding hydrogens is 304 g/mol. The van der Waals surface area contributed by atoms with Crippen LogP contribution in [0.4, 0.5) is 0 Å². The average Bonchev–Trinajstić information content (AvgIpc) is 2.78. The van der Waals surface area contributed by atoms with Gasteiger partial charge >= 0.3 is 0 Å². The molecule has 0 saturated heterocycles. The summed E-state index contributed by atoms with van der Waals surface area (Å²) in [7, 11) is 1.87. The van der Waals surface area contributed by atoms with Crippen molar-refractivity contribution in [3.63, 3.8) is 0 Å². The number of nitrogens with two attached hydrogens (primary N) is 1. The summed E-state index contributed by atoms with van der Waals surface area (Å²) < 4.78 is 1.06. The van der Waals surface area contributed by atoms with E-state index in [-0.39, 0.29) is 11.9 Å². The average molecular weight is 325 g/mol. The number of hydrogen-bond acceptors (Lipinski definition) is 2. The molecule has 2 atom stereocenters. The highest BCUT2D eigenvalue weighted by molar-refractivity contribution is 9.10. The van der Waals surface area contributed by atoms with E-state index < -0.39 is 0 Å². The number of rotatable bonds is 4. The lowest BCUT2D eigenvalue weighted by Crippen LogP contribution is -2.32. The summed E-state index contributed by atoms with van der Waals surface area (Å²) >= 11 is 3.41. The van der Waals surface area contributed by atoms with E-state index in [4.69, 9.17) is 5.73 Å². The molecule has 19 heavy (non-hydrogen) atoms. The molecule has 0 spiro atoms. The van der Waals surface area contributed by atoms with Crippen molar-refractivity contribution in [3.05, 3.63) is 34.3 Å². The Morgan fingerprint density at radius 3 is 2.63 bits per heavy atom. The lowest BCUT2D eigenvalue weighted by Gasteiger charge is -2.21. The Hall–Kier alpha value is -0.870. The minimum Gasteiger partial charge on any atom is -0.341 e. The van der Waals surface area contributed by atoms with Gasteiger partial charge in [-0.1, -0.05) is 34.5 Å². The lowest BCUT2D eigenvalue weighted by atomic mass is 9.99. The summed E-state index contributed by atoms with van der Waals surface area (Å²) in [5.74, 6) is 0.574. The van der Waals surface area contributed by atoms with Crippen molar-refractivity contribution in [2.24, 2.45) is 11.7 Å². The number of halogens is 1. The van der Waals surface area contributed by atoms with E-state index in [1.165, 1.54) is 0 Å². The molecule has 4 heteroatoms. The minimum atomic E-state index is 0.199. The van der Waals surface area contributed by atoms with Crippen molar-refractivity contribution >= 4 is 21.8 Å². The molecule has 1 fully saturated rings. The molecule has 0 heterocycles. The molecule has 0 radical (unpaired) electrons.